The van der Waals surface area contributed by atoms with Crippen molar-refractivity contribution in [3.05, 3.63) is 24.5 Å². The first-order chi connectivity index (χ1) is 7.38. The maximum atomic E-state index is 5.82. The first-order valence-corrected chi connectivity index (χ1v) is 5.61. The third kappa shape index (κ3) is 2.85. The summed E-state index contributed by atoms with van der Waals surface area (Å²) >= 11 is 0. The molecule has 15 heavy (non-hydrogen) atoms. The van der Waals surface area contributed by atoms with E-state index in [2.05, 4.69) is 0 Å². The quantitative estimate of drug-likeness (QED) is 0.706. The molecule has 0 aliphatic heterocycles. The van der Waals surface area contributed by atoms with E-state index >= 15 is 0 Å². The van der Waals surface area contributed by atoms with Crippen LogP contribution in [0.3, 0.4) is 0 Å². The second kappa shape index (κ2) is 5.01. The molecular weight excluding hydrogens is 190 g/mol. The average Bonchev–Trinajstić information content (AvgIpc) is 2.31. The third-order valence-electron chi connectivity index (χ3n) is 2.83. The second-order valence-corrected chi connectivity index (χ2v) is 3.96. The van der Waals surface area contributed by atoms with Gasteiger partial charge in [0, 0.05) is 16.9 Å². The molecule has 1 saturated carbocycles. The standard InChI is InChI=1S/C12H18NO2/c1-14-11-7-9-13(10-8-11)15-12-5-3-2-4-6-12/h7-10,12H,2-6H2,1H3/q+1. The first-order valence-electron chi connectivity index (χ1n) is 5.61. The van der Waals surface area contributed by atoms with Crippen molar-refractivity contribution in [2.75, 3.05) is 7.11 Å². The van der Waals surface area contributed by atoms with Crippen LogP contribution in [-0.4, -0.2) is 13.2 Å². The van der Waals surface area contributed by atoms with Gasteiger partial charge in [0.05, 0.1) is 7.11 Å². The lowest BCUT2D eigenvalue weighted by Gasteiger charge is -2.17. The maximum absolute atomic E-state index is 5.82. The van der Waals surface area contributed by atoms with Gasteiger partial charge in [0.15, 0.2) is 6.10 Å². The Balaban J connectivity index is 1.91. The smallest absolute Gasteiger partial charge is 0.226 e. The van der Waals surface area contributed by atoms with E-state index in [0.29, 0.717) is 6.10 Å². The van der Waals surface area contributed by atoms with Gasteiger partial charge in [0.1, 0.15) is 5.75 Å². The van der Waals surface area contributed by atoms with E-state index in [1.165, 1.54) is 32.1 Å². The van der Waals surface area contributed by atoms with Gasteiger partial charge in [-0.05, 0) is 25.7 Å². The van der Waals surface area contributed by atoms with E-state index in [0.717, 1.165) is 5.75 Å². The summed E-state index contributed by atoms with van der Waals surface area (Å²) in [6, 6.07) is 3.81. The molecule has 0 atom stereocenters. The number of ether oxygens (including phenoxy) is 1. The molecule has 0 spiro atoms. The zero-order chi connectivity index (χ0) is 10.5. The lowest BCUT2D eigenvalue weighted by molar-refractivity contribution is -0.899. The van der Waals surface area contributed by atoms with Gasteiger partial charge in [-0.3, -0.25) is 4.84 Å². The summed E-state index contributed by atoms with van der Waals surface area (Å²) in [5, 5.41) is 0. The summed E-state index contributed by atoms with van der Waals surface area (Å²) in [6.07, 6.45) is 10.5. The largest absolute Gasteiger partial charge is 0.496 e. The SMILES string of the molecule is COc1cc[n+](OC2CCCCC2)cc1. The van der Waals surface area contributed by atoms with Crippen molar-refractivity contribution >= 4 is 0 Å². The molecule has 1 fully saturated rings. The number of hydrogen-bond donors (Lipinski definition) is 0. The second-order valence-electron chi connectivity index (χ2n) is 3.96. The summed E-state index contributed by atoms with van der Waals surface area (Å²) < 4.78 is 6.87. The Morgan fingerprint density at radius 1 is 1.13 bits per heavy atom. The molecule has 0 saturated heterocycles. The van der Waals surface area contributed by atoms with E-state index in [1.54, 1.807) is 11.8 Å². The van der Waals surface area contributed by atoms with Gasteiger partial charge in [0.2, 0.25) is 12.4 Å². The van der Waals surface area contributed by atoms with Crippen molar-refractivity contribution in [3.8, 4) is 5.75 Å². The van der Waals surface area contributed by atoms with Crippen LogP contribution in [0.5, 0.6) is 5.75 Å². The van der Waals surface area contributed by atoms with E-state index in [1.807, 2.05) is 24.5 Å². The maximum Gasteiger partial charge on any atom is 0.226 e. The predicted octanol–water partition coefficient (Wildman–Crippen LogP) is 1.74. The van der Waals surface area contributed by atoms with Crippen LogP contribution in [0, 0.1) is 0 Å². The van der Waals surface area contributed by atoms with E-state index < -0.39 is 0 Å². The highest BCUT2D eigenvalue weighted by Gasteiger charge is 2.18. The minimum atomic E-state index is 0.386. The molecule has 1 aliphatic carbocycles. The number of aromatic nitrogens is 1. The lowest BCUT2D eigenvalue weighted by Crippen LogP contribution is -2.47. The molecule has 0 radical (unpaired) electrons. The minimum absolute atomic E-state index is 0.386. The molecule has 2 rings (SSSR count). The lowest BCUT2D eigenvalue weighted by atomic mass is 9.98. The van der Waals surface area contributed by atoms with Crippen LogP contribution in [-0.2, 0) is 0 Å². The van der Waals surface area contributed by atoms with Gasteiger partial charge in [-0.2, -0.15) is 0 Å². The molecule has 1 heterocycles. The summed E-state index contributed by atoms with van der Waals surface area (Å²) in [5.41, 5.74) is 0. The van der Waals surface area contributed by atoms with Gasteiger partial charge >= 0.3 is 0 Å². The summed E-state index contributed by atoms with van der Waals surface area (Å²) in [6.45, 7) is 0. The summed E-state index contributed by atoms with van der Waals surface area (Å²) in [7, 11) is 1.67. The van der Waals surface area contributed by atoms with Crippen LogP contribution >= 0.6 is 0 Å². The van der Waals surface area contributed by atoms with Crippen LogP contribution in [0.25, 0.3) is 0 Å². The Kier molecular flexibility index (Phi) is 3.43. The number of methoxy groups -OCH3 is 1. The molecule has 82 valence electrons. The molecule has 3 nitrogen and oxygen atoms in total. The molecule has 0 bridgehead atoms. The van der Waals surface area contributed by atoms with Gasteiger partial charge in [-0.15, -0.1) is 0 Å². The summed E-state index contributed by atoms with van der Waals surface area (Å²) in [5.74, 6) is 0.860. The first kappa shape index (κ1) is 10.3. The highest BCUT2D eigenvalue weighted by atomic mass is 16.7. The third-order valence-corrected chi connectivity index (χ3v) is 2.83. The molecule has 1 aliphatic rings. The van der Waals surface area contributed by atoms with Crippen LogP contribution in [0.1, 0.15) is 32.1 Å². The van der Waals surface area contributed by atoms with Crippen molar-refractivity contribution in [2.45, 2.75) is 38.2 Å². The summed E-state index contributed by atoms with van der Waals surface area (Å²) in [4.78, 5) is 5.82. The Morgan fingerprint density at radius 2 is 1.80 bits per heavy atom. The highest BCUT2D eigenvalue weighted by molar-refractivity contribution is 5.13. The number of hydrogen-bond acceptors (Lipinski definition) is 2. The molecule has 0 unspecified atom stereocenters. The fraction of sp³-hybridized carbons (Fsp3) is 0.583. The minimum Gasteiger partial charge on any atom is -0.496 e. The molecule has 1 aromatic heterocycles. The molecule has 0 amide bonds. The van der Waals surface area contributed by atoms with E-state index in [9.17, 15) is 0 Å². The van der Waals surface area contributed by atoms with Gasteiger partial charge in [-0.25, -0.2) is 0 Å². The normalized spacial score (nSPS) is 17.4. The molecule has 1 aromatic rings. The fourth-order valence-corrected chi connectivity index (χ4v) is 1.95. The van der Waals surface area contributed by atoms with Crippen molar-refractivity contribution < 1.29 is 14.3 Å². The molecule has 0 aromatic carbocycles. The van der Waals surface area contributed by atoms with E-state index in [4.69, 9.17) is 9.57 Å². The molecule has 0 N–H and O–H groups in total. The predicted molar refractivity (Wildman–Crippen MR) is 56.6 cm³/mol. The zero-order valence-corrected chi connectivity index (χ0v) is 9.19. The van der Waals surface area contributed by atoms with Crippen molar-refractivity contribution in [2.24, 2.45) is 0 Å². The van der Waals surface area contributed by atoms with Gasteiger partial charge < -0.3 is 4.74 Å². The number of nitrogens with zero attached hydrogens (tertiary/aromatic N) is 1. The van der Waals surface area contributed by atoms with Crippen LogP contribution in [0.2, 0.25) is 0 Å². The van der Waals surface area contributed by atoms with Crippen molar-refractivity contribution in [1.29, 1.82) is 0 Å². The number of rotatable bonds is 3. The monoisotopic (exact) mass is 208 g/mol. The van der Waals surface area contributed by atoms with Crippen molar-refractivity contribution in [3.63, 3.8) is 0 Å². The highest BCUT2D eigenvalue weighted by Crippen LogP contribution is 2.17. The molecule has 3 heteroatoms. The van der Waals surface area contributed by atoms with Crippen LogP contribution in [0.15, 0.2) is 24.5 Å². The van der Waals surface area contributed by atoms with E-state index in [-0.39, 0.29) is 0 Å². The van der Waals surface area contributed by atoms with Gasteiger partial charge in [0.25, 0.3) is 0 Å². The molecular formula is C12H18NO2+. The van der Waals surface area contributed by atoms with Crippen LogP contribution < -0.4 is 14.3 Å². The topological polar surface area (TPSA) is 22.3 Å². The van der Waals surface area contributed by atoms with Crippen LogP contribution in [0.4, 0.5) is 0 Å². The fourth-order valence-electron chi connectivity index (χ4n) is 1.95. The Hall–Kier alpha value is -1.25. The van der Waals surface area contributed by atoms with Crippen molar-refractivity contribution in [1.82, 2.24) is 0 Å². The average molecular weight is 208 g/mol. The zero-order valence-electron chi connectivity index (χ0n) is 9.19. The number of pyridine rings is 1. The van der Waals surface area contributed by atoms with Gasteiger partial charge in [-0.1, -0.05) is 6.42 Å². The Morgan fingerprint density at radius 3 is 2.40 bits per heavy atom. The Labute approximate surface area is 90.6 Å². The Bertz CT molecular complexity index is 291.